The first kappa shape index (κ1) is 17.9. The van der Waals surface area contributed by atoms with Crippen molar-refractivity contribution in [1.29, 1.82) is 0 Å². The zero-order valence-corrected chi connectivity index (χ0v) is 14.9. The van der Waals surface area contributed by atoms with Gasteiger partial charge >= 0.3 is 0 Å². The lowest BCUT2D eigenvalue weighted by atomic mass is 9.94. The normalized spacial score (nSPS) is 22.1. The van der Waals surface area contributed by atoms with E-state index in [0.717, 1.165) is 24.9 Å². The van der Waals surface area contributed by atoms with E-state index in [2.05, 4.69) is 0 Å². The van der Waals surface area contributed by atoms with Gasteiger partial charge in [0.1, 0.15) is 0 Å². The molecule has 0 spiro atoms. The summed E-state index contributed by atoms with van der Waals surface area (Å²) in [7, 11) is 0.508. The molecule has 0 radical (unpaired) electrons. The van der Waals surface area contributed by atoms with Crippen LogP contribution < -0.4 is 4.90 Å². The number of hydrogen-bond acceptors (Lipinski definition) is 4. The van der Waals surface area contributed by atoms with E-state index >= 15 is 0 Å². The van der Waals surface area contributed by atoms with Crippen LogP contribution in [0.3, 0.4) is 0 Å². The monoisotopic (exact) mass is 338 g/mol. The van der Waals surface area contributed by atoms with E-state index in [0.29, 0.717) is 6.42 Å². The third-order valence-electron chi connectivity index (χ3n) is 4.69. The first-order valence-corrected chi connectivity index (χ1v) is 9.97. The van der Waals surface area contributed by atoms with Crippen LogP contribution >= 0.6 is 0 Å². The van der Waals surface area contributed by atoms with Crippen LogP contribution in [0.15, 0.2) is 30.3 Å². The maximum Gasteiger partial charge on any atom is 0.240 e. The molecule has 1 aliphatic carbocycles. The molecule has 1 aromatic rings. The molecule has 6 heteroatoms. The summed E-state index contributed by atoms with van der Waals surface area (Å²) in [5.74, 6) is -0.0310. The third kappa shape index (κ3) is 4.54. The molecular weight excluding hydrogens is 312 g/mol. The van der Waals surface area contributed by atoms with Gasteiger partial charge in [0.2, 0.25) is 5.91 Å². The summed E-state index contributed by atoms with van der Waals surface area (Å²) < 4.78 is 24.0. The molecule has 1 fully saturated rings. The molecule has 0 saturated heterocycles. The number of sulfone groups is 1. The predicted octanol–water partition coefficient (Wildman–Crippen LogP) is 1.94. The van der Waals surface area contributed by atoms with Gasteiger partial charge < -0.3 is 4.90 Å². The topological polar surface area (TPSA) is 57.7 Å². The van der Waals surface area contributed by atoms with E-state index in [4.69, 9.17) is 0 Å². The Morgan fingerprint density at radius 2 is 1.74 bits per heavy atom. The van der Waals surface area contributed by atoms with Crippen molar-refractivity contribution >= 4 is 21.4 Å². The summed E-state index contributed by atoms with van der Waals surface area (Å²) in [6.07, 6.45) is 4.79. The number of nitrogens with zero attached hydrogens (tertiary/aromatic N) is 2. The van der Waals surface area contributed by atoms with Crippen molar-refractivity contribution in [3.05, 3.63) is 30.3 Å². The van der Waals surface area contributed by atoms with Gasteiger partial charge in [0.15, 0.2) is 9.84 Å². The van der Waals surface area contributed by atoms with Gasteiger partial charge in [0, 0.05) is 25.0 Å². The van der Waals surface area contributed by atoms with Gasteiger partial charge in [0.05, 0.1) is 11.8 Å². The molecule has 5 nitrogen and oxygen atoms in total. The minimum absolute atomic E-state index is 0.0310. The molecule has 0 N–H and O–H groups in total. The fourth-order valence-corrected chi connectivity index (χ4v) is 4.82. The van der Waals surface area contributed by atoms with Gasteiger partial charge in [-0.2, -0.15) is 0 Å². The molecule has 1 aliphatic rings. The van der Waals surface area contributed by atoms with Crippen molar-refractivity contribution < 1.29 is 13.2 Å². The maximum atomic E-state index is 12.5. The highest BCUT2D eigenvalue weighted by molar-refractivity contribution is 7.91. The highest BCUT2D eigenvalue weighted by atomic mass is 32.2. The van der Waals surface area contributed by atoms with E-state index in [9.17, 15) is 13.2 Å². The molecule has 128 valence electrons. The van der Waals surface area contributed by atoms with Crippen molar-refractivity contribution in [2.45, 2.75) is 37.0 Å². The molecule has 2 atom stereocenters. The molecule has 0 aliphatic heterocycles. The van der Waals surface area contributed by atoms with E-state index in [1.54, 1.807) is 11.9 Å². The minimum Gasteiger partial charge on any atom is -0.314 e. The Hall–Kier alpha value is -1.40. The molecule has 1 aromatic carbocycles. The number of carbonyl (C=O) groups is 1. The number of likely N-dealkylation sites (N-methyl/N-ethyl adjacent to an activating group) is 2. The predicted molar refractivity (Wildman–Crippen MR) is 93.4 cm³/mol. The van der Waals surface area contributed by atoms with Crippen molar-refractivity contribution in [1.82, 2.24) is 4.90 Å². The zero-order valence-electron chi connectivity index (χ0n) is 14.1. The summed E-state index contributed by atoms with van der Waals surface area (Å²) in [5, 5.41) is -0.365. The average Bonchev–Trinajstić information content (AvgIpc) is 2.54. The number of rotatable bonds is 5. The Kier molecular flexibility index (Phi) is 5.81. The lowest BCUT2D eigenvalue weighted by Gasteiger charge is -2.37. The van der Waals surface area contributed by atoms with Gasteiger partial charge in [-0.25, -0.2) is 8.42 Å². The van der Waals surface area contributed by atoms with Gasteiger partial charge in [-0.1, -0.05) is 31.0 Å². The van der Waals surface area contributed by atoms with Crippen LogP contribution in [0.1, 0.15) is 25.7 Å². The number of hydrogen-bond donors (Lipinski definition) is 0. The molecule has 2 rings (SSSR count). The smallest absolute Gasteiger partial charge is 0.240 e. The highest BCUT2D eigenvalue weighted by Gasteiger charge is 2.35. The van der Waals surface area contributed by atoms with Gasteiger partial charge in [-0.15, -0.1) is 0 Å². The van der Waals surface area contributed by atoms with E-state index in [1.165, 1.54) is 6.26 Å². The van der Waals surface area contributed by atoms with Crippen molar-refractivity contribution in [3.63, 3.8) is 0 Å². The number of amides is 1. The van der Waals surface area contributed by atoms with Crippen molar-refractivity contribution in [3.8, 4) is 0 Å². The van der Waals surface area contributed by atoms with Crippen LogP contribution in [0.4, 0.5) is 5.69 Å². The fourth-order valence-electron chi connectivity index (χ4n) is 3.31. The van der Waals surface area contributed by atoms with Crippen LogP contribution in [-0.4, -0.2) is 57.4 Å². The Morgan fingerprint density at radius 1 is 1.13 bits per heavy atom. The zero-order chi connectivity index (χ0) is 17.0. The lowest BCUT2D eigenvalue weighted by Crippen LogP contribution is -2.50. The summed E-state index contributed by atoms with van der Waals surface area (Å²) in [5.41, 5.74) is 0.842. The fraction of sp³-hybridized carbons (Fsp3) is 0.588. The Labute approximate surface area is 139 Å². The second-order valence-corrected chi connectivity index (χ2v) is 8.69. The highest BCUT2D eigenvalue weighted by Crippen LogP contribution is 2.27. The molecule has 1 saturated carbocycles. The van der Waals surface area contributed by atoms with Crippen LogP contribution in [0.5, 0.6) is 0 Å². The summed E-state index contributed by atoms with van der Waals surface area (Å²) >= 11 is 0. The van der Waals surface area contributed by atoms with Crippen LogP contribution in [0.2, 0.25) is 0 Å². The third-order valence-corrected chi connectivity index (χ3v) is 6.34. The quantitative estimate of drug-likeness (QED) is 0.823. The number of benzene rings is 1. The summed E-state index contributed by atoms with van der Waals surface area (Å²) in [4.78, 5) is 16.0. The largest absolute Gasteiger partial charge is 0.314 e. The first-order valence-electron chi connectivity index (χ1n) is 8.01. The molecular formula is C17H26N2O3S. The molecule has 23 heavy (non-hydrogen) atoms. The van der Waals surface area contributed by atoms with Gasteiger partial charge in [0.25, 0.3) is 0 Å². The number of anilines is 1. The SMILES string of the molecule is CN(C(=O)CN(C)C1CCCCC1S(C)(=O)=O)c1ccccc1. The molecule has 1 amide bonds. The van der Waals surface area contributed by atoms with Crippen molar-refractivity contribution in [2.24, 2.45) is 0 Å². The van der Waals surface area contributed by atoms with Crippen molar-refractivity contribution in [2.75, 3.05) is 31.8 Å². The molecule has 0 aromatic heterocycles. The van der Waals surface area contributed by atoms with E-state index < -0.39 is 9.84 Å². The Balaban J connectivity index is 2.05. The summed E-state index contributed by atoms with van der Waals surface area (Å²) in [6, 6.07) is 9.39. The lowest BCUT2D eigenvalue weighted by molar-refractivity contribution is -0.119. The van der Waals surface area contributed by atoms with Gasteiger partial charge in [-0.05, 0) is 32.0 Å². The van der Waals surface area contributed by atoms with E-state index in [-0.39, 0.29) is 23.7 Å². The Bertz CT molecular complexity index is 630. The number of carbonyl (C=O) groups excluding carboxylic acids is 1. The molecule has 0 heterocycles. The van der Waals surface area contributed by atoms with Crippen LogP contribution in [-0.2, 0) is 14.6 Å². The van der Waals surface area contributed by atoms with E-state index in [1.807, 2.05) is 42.3 Å². The van der Waals surface area contributed by atoms with Crippen LogP contribution in [0, 0.1) is 0 Å². The standard InChI is InChI=1S/C17H26N2O3S/c1-18(15-11-7-8-12-16(15)23(3,21)22)13-17(20)19(2)14-9-5-4-6-10-14/h4-6,9-10,15-16H,7-8,11-13H2,1-3H3. The average molecular weight is 338 g/mol. The second-order valence-electron chi connectivity index (χ2n) is 6.42. The molecule has 0 bridgehead atoms. The van der Waals surface area contributed by atoms with Crippen LogP contribution in [0.25, 0.3) is 0 Å². The summed E-state index contributed by atoms with van der Waals surface area (Å²) in [6.45, 7) is 0.224. The number of para-hydroxylation sites is 1. The van der Waals surface area contributed by atoms with Gasteiger partial charge in [-0.3, -0.25) is 9.69 Å². The minimum atomic E-state index is -3.09. The second kappa shape index (κ2) is 7.45. The Morgan fingerprint density at radius 3 is 2.35 bits per heavy atom. The molecule has 2 unspecified atom stereocenters. The first-order chi connectivity index (χ1) is 10.8. The maximum absolute atomic E-state index is 12.5.